The molecule has 1 atom stereocenters. The molecular formula is C13H19F2NO. The number of hydrogen-bond acceptors (Lipinski definition) is 2. The molecule has 2 nitrogen and oxygen atoms in total. The van der Waals surface area contributed by atoms with Crippen LogP contribution in [-0.2, 0) is 4.74 Å². The molecule has 0 aliphatic heterocycles. The zero-order chi connectivity index (χ0) is 13.1. The third-order valence-corrected chi connectivity index (χ3v) is 3.47. The lowest BCUT2D eigenvalue weighted by molar-refractivity contribution is -0.0386. The second-order valence-corrected chi connectivity index (χ2v) is 4.13. The summed E-state index contributed by atoms with van der Waals surface area (Å²) in [6.45, 7) is 3.93. The van der Waals surface area contributed by atoms with Crippen LogP contribution in [0.25, 0.3) is 0 Å². The highest BCUT2D eigenvalue weighted by molar-refractivity contribution is 5.23. The summed E-state index contributed by atoms with van der Waals surface area (Å²) < 4.78 is 31.5. The Morgan fingerprint density at radius 1 is 1.24 bits per heavy atom. The topological polar surface area (TPSA) is 35.2 Å². The van der Waals surface area contributed by atoms with Gasteiger partial charge in [0, 0.05) is 7.11 Å². The molecule has 1 rings (SSSR count). The fraction of sp³-hybridized carbons (Fsp3) is 0.538. The first kappa shape index (κ1) is 14.1. The van der Waals surface area contributed by atoms with Crippen LogP contribution < -0.4 is 5.73 Å². The van der Waals surface area contributed by atoms with Gasteiger partial charge in [-0.05, 0) is 30.5 Å². The van der Waals surface area contributed by atoms with Gasteiger partial charge in [0.2, 0.25) is 0 Å². The summed E-state index contributed by atoms with van der Waals surface area (Å²) in [5.74, 6) is -1.74. The second kappa shape index (κ2) is 5.56. The Hall–Kier alpha value is -1.00. The lowest BCUT2D eigenvalue weighted by Crippen LogP contribution is -2.42. The molecule has 0 aromatic heterocycles. The van der Waals surface area contributed by atoms with Crippen molar-refractivity contribution in [3.8, 4) is 0 Å². The second-order valence-electron chi connectivity index (χ2n) is 4.13. The highest BCUT2D eigenvalue weighted by Crippen LogP contribution is 2.33. The predicted octanol–water partition coefficient (Wildman–Crippen LogP) is 3.17. The van der Waals surface area contributed by atoms with E-state index >= 15 is 0 Å². The molecule has 0 bridgehead atoms. The maximum Gasteiger partial charge on any atom is 0.159 e. The van der Waals surface area contributed by atoms with E-state index in [2.05, 4.69) is 0 Å². The fourth-order valence-electron chi connectivity index (χ4n) is 2.12. The first-order chi connectivity index (χ1) is 8.00. The van der Waals surface area contributed by atoms with Crippen molar-refractivity contribution in [1.82, 2.24) is 0 Å². The molecular weight excluding hydrogens is 224 g/mol. The number of hydrogen-bond donors (Lipinski definition) is 1. The SMILES string of the molecule is CCC(CC)(OC)C(N)c1ccc(F)c(F)c1. The average molecular weight is 243 g/mol. The maximum absolute atomic E-state index is 13.2. The molecule has 0 aliphatic carbocycles. The van der Waals surface area contributed by atoms with Crippen molar-refractivity contribution in [2.45, 2.75) is 38.3 Å². The van der Waals surface area contributed by atoms with Gasteiger partial charge in [0.25, 0.3) is 0 Å². The number of halogens is 2. The van der Waals surface area contributed by atoms with Gasteiger partial charge in [-0.15, -0.1) is 0 Å². The summed E-state index contributed by atoms with van der Waals surface area (Å²) >= 11 is 0. The number of ether oxygens (including phenoxy) is 1. The normalized spacial score (nSPS) is 13.8. The molecule has 0 heterocycles. The summed E-state index contributed by atoms with van der Waals surface area (Å²) in [5.41, 5.74) is 6.12. The minimum absolute atomic E-state index is 0.474. The standard InChI is InChI=1S/C13H19F2NO/c1-4-13(5-2,17-3)12(16)9-6-7-10(14)11(15)8-9/h6-8,12H,4-5,16H2,1-3H3. The van der Waals surface area contributed by atoms with E-state index < -0.39 is 23.3 Å². The van der Waals surface area contributed by atoms with E-state index in [1.165, 1.54) is 6.07 Å². The van der Waals surface area contributed by atoms with Gasteiger partial charge < -0.3 is 10.5 Å². The Balaban J connectivity index is 3.09. The molecule has 0 fully saturated rings. The summed E-state index contributed by atoms with van der Waals surface area (Å²) in [6, 6.07) is 3.26. The van der Waals surface area contributed by atoms with Crippen LogP contribution >= 0.6 is 0 Å². The van der Waals surface area contributed by atoms with Crippen LogP contribution in [0.3, 0.4) is 0 Å². The highest BCUT2D eigenvalue weighted by atomic mass is 19.2. The van der Waals surface area contributed by atoms with Gasteiger partial charge in [-0.25, -0.2) is 8.78 Å². The Morgan fingerprint density at radius 3 is 2.24 bits per heavy atom. The minimum atomic E-state index is -0.879. The third kappa shape index (κ3) is 2.64. The van der Waals surface area contributed by atoms with Crippen LogP contribution in [0.1, 0.15) is 38.3 Å². The summed E-state index contributed by atoms with van der Waals surface area (Å²) in [6.07, 6.45) is 1.42. The zero-order valence-corrected chi connectivity index (χ0v) is 10.5. The molecule has 0 saturated carbocycles. The molecule has 0 spiro atoms. The first-order valence-corrected chi connectivity index (χ1v) is 5.76. The van der Waals surface area contributed by atoms with Crippen LogP contribution in [0.5, 0.6) is 0 Å². The molecule has 1 unspecified atom stereocenters. The minimum Gasteiger partial charge on any atom is -0.376 e. The molecule has 0 aliphatic rings. The smallest absolute Gasteiger partial charge is 0.159 e. The number of benzene rings is 1. The zero-order valence-electron chi connectivity index (χ0n) is 10.5. The van der Waals surface area contributed by atoms with Gasteiger partial charge in [0.15, 0.2) is 11.6 Å². The Morgan fingerprint density at radius 2 is 1.82 bits per heavy atom. The van der Waals surface area contributed by atoms with E-state index in [4.69, 9.17) is 10.5 Å². The predicted molar refractivity (Wildman–Crippen MR) is 63.6 cm³/mol. The van der Waals surface area contributed by atoms with Gasteiger partial charge in [-0.3, -0.25) is 0 Å². The Labute approximate surface area is 101 Å². The van der Waals surface area contributed by atoms with Crippen molar-refractivity contribution >= 4 is 0 Å². The summed E-state index contributed by atoms with van der Waals surface area (Å²) in [5, 5.41) is 0. The molecule has 2 N–H and O–H groups in total. The van der Waals surface area contributed by atoms with Gasteiger partial charge >= 0.3 is 0 Å². The summed E-state index contributed by atoms with van der Waals surface area (Å²) in [4.78, 5) is 0. The Bertz CT molecular complexity index is 369. The van der Waals surface area contributed by atoms with Crippen LogP contribution in [0, 0.1) is 11.6 Å². The quantitative estimate of drug-likeness (QED) is 0.862. The van der Waals surface area contributed by atoms with Crippen molar-refractivity contribution in [3.63, 3.8) is 0 Å². The maximum atomic E-state index is 13.2. The summed E-state index contributed by atoms with van der Waals surface area (Å²) in [7, 11) is 1.59. The van der Waals surface area contributed by atoms with E-state index in [1.54, 1.807) is 7.11 Å². The van der Waals surface area contributed by atoms with Crippen LogP contribution in [0.4, 0.5) is 8.78 Å². The lowest BCUT2D eigenvalue weighted by Gasteiger charge is -2.36. The van der Waals surface area contributed by atoms with E-state index in [1.807, 2.05) is 13.8 Å². The highest BCUT2D eigenvalue weighted by Gasteiger charge is 2.34. The van der Waals surface area contributed by atoms with Gasteiger partial charge in [0.1, 0.15) is 0 Å². The van der Waals surface area contributed by atoms with Crippen molar-refractivity contribution < 1.29 is 13.5 Å². The van der Waals surface area contributed by atoms with Crippen molar-refractivity contribution in [2.24, 2.45) is 5.73 Å². The molecule has 0 saturated heterocycles. The third-order valence-electron chi connectivity index (χ3n) is 3.47. The van der Waals surface area contributed by atoms with E-state index in [9.17, 15) is 8.78 Å². The van der Waals surface area contributed by atoms with Crippen molar-refractivity contribution in [3.05, 3.63) is 35.4 Å². The first-order valence-electron chi connectivity index (χ1n) is 5.76. The average Bonchev–Trinajstić information content (AvgIpc) is 2.35. The molecule has 0 amide bonds. The largest absolute Gasteiger partial charge is 0.376 e. The fourth-order valence-corrected chi connectivity index (χ4v) is 2.12. The van der Waals surface area contributed by atoms with Gasteiger partial charge in [0.05, 0.1) is 11.6 Å². The van der Waals surface area contributed by atoms with E-state index in [0.29, 0.717) is 18.4 Å². The molecule has 17 heavy (non-hydrogen) atoms. The van der Waals surface area contributed by atoms with Gasteiger partial charge in [-0.1, -0.05) is 19.9 Å². The van der Waals surface area contributed by atoms with Crippen LogP contribution in [-0.4, -0.2) is 12.7 Å². The van der Waals surface area contributed by atoms with E-state index in [-0.39, 0.29) is 0 Å². The molecule has 1 aromatic rings. The van der Waals surface area contributed by atoms with Crippen molar-refractivity contribution in [1.29, 1.82) is 0 Å². The Kier molecular flexibility index (Phi) is 4.60. The number of nitrogens with two attached hydrogens (primary N) is 1. The van der Waals surface area contributed by atoms with Crippen LogP contribution in [0.2, 0.25) is 0 Å². The van der Waals surface area contributed by atoms with Crippen LogP contribution in [0.15, 0.2) is 18.2 Å². The van der Waals surface area contributed by atoms with Gasteiger partial charge in [-0.2, -0.15) is 0 Å². The monoisotopic (exact) mass is 243 g/mol. The number of methoxy groups -OCH3 is 1. The van der Waals surface area contributed by atoms with Crippen molar-refractivity contribution in [2.75, 3.05) is 7.11 Å². The molecule has 0 radical (unpaired) electrons. The molecule has 4 heteroatoms. The molecule has 96 valence electrons. The number of rotatable bonds is 5. The van der Waals surface area contributed by atoms with E-state index in [0.717, 1.165) is 12.1 Å². The lowest BCUT2D eigenvalue weighted by atomic mass is 9.84. The molecule has 1 aromatic carbocycles.